The van der Waals surface area contributed by atoms with Crippen molar-refractivity contribution in [2.24, 2.45) is 5.73 Å². The molecule has 0 aromatic heterocycles. The van der Waals surface area contributed by atoms with Crippen molar-refractivity contribution in [2.45, 2.75) is 12.8 Å². The highest BCUT2D eigenvalue weighted by molar-refractivity contribution is 5.73. The molecule has 1 fully saturated rings. The van der Waals surface area contributed by atoms with E-state index in [-0.39, 0.29) is 5.91 Å². The molecule has 0 unspecified atom stereocenters. The molecule has 1 aromatic rings. The molecule has 5 nitrogen and oxygen atoms in total. The number of hydrogen-bond acceptors (Lipinski definition) is 4. The maximum atomic E-state index is 10.8. The van der Waals surface area contributed by atoms with E-state index >= 15 is 0 Å². The maximum Gasteiger partial charge on any atom is 0.218 e. The van der Waals surface area contributed by atoms with Crippen molar-refractivity contribution in [2.75, 3.05) is 44.7 Å². The van der Waals surface area contributed by atoms with E-state index in [1.54, 1.807) is 7.11 Å². The molecule has 1 amide bonds. The third-order valence-electron chi connectivity index (χ3n) is 3.70. The van der Waals surface area contributed by atoms with Crippen molar-refractivity contribution in [3.05, 3.63) is 24.3 Å². The molecule has 1 heterocycles. The Kier molecular flexibility index (Phi) is 5.24. The second kappa shape index (κ2) is 7.14. The molecular formula is C15H23N3O2. The molecule has 0 radical (unpaired) electrons. The minimum absolute atomic E-state index is 0.221. The minimum atomic E-state index is -0.221. The highest BCUT2D eigenvalue weighted by Gasteiger charge is 2.15. The van der Waals surface area contributed by atoms with Gasteiger partial charge in [0.1, 0.15) is 5.75 Å². The van der Waals surface area contributed by atoms with Gasteiger partial charge in [-0.25, -0.2) is 0 Å². The van der Waals surface area contributed by atoms with E-state index in [1.165, 1.54) is 5.69 Å². The third kappa shape index (κ3) is 4.13. The molecule has 2 N–H and O–H groups in total. The van der Waals surface area contributed by atoms with Crippen LogP contribution in [0.25, 0.3) is 0 Å². The molecule has 20 heavy (non-hydrogen) atoms. The van der Waals surface area contributed by atoms with Gasteiger partial charge >= 0.3 is 0 Å². The zero-order valence-electron chi connectivity index (χ0n) is 12.0. The lowest BCUT2D eigenvalue weighted by molar-refractivity contribution is -0.118. The standard InChI is InChI=1S/C15H23N3O2/c1-20-14-5-3-13(4-6-14)18-9-2-8-17(11-12-18)10-7-15(16)19/h3-6H,2,7-12H2,1H3,(H2,16,19). The van der Waals surface area contributed by atoms with Crippen molar-refractivity contribution < 1.29 is 9.53 Å². The van der Waals surface area contributed by atoms with E-state index in [1.807, 2.05) is 12.1 Å². The molecule has 5 heteroatoms. The minimum Gasteiger partial charge on any atom is -0.497 e. The van der Waals surface area contributed by atoms with Gasteiger partial charge < -0.3 is 20.3 Å². The topological polar surface area (TPSA) is 58.8 Å². The summed E-state index contributed by atoms with van der Waals surface area (Å²) in [6.07, 6.45) is 1.55. The number of carbonyl (C=O) groups is 1. The highest BCUT2D eigenvalue weighted by Crippen LogP contribution is 2.20. The molecule has 0 aliphatic carbocycles. The summed E-state index contributed by atoms with van der Waals surface area (Å²) >= 11 is 0. The van der Waals surface area contributed by atoms with Gasteiger partial charge in [0, 0.05) is 38.3 Å². The van der Waals surface area contributed by atoms with E-state index in [0.29, 0.717) is 6.42 Å². The molecular weight excluding hydrogens is 254 g/mol. The van der Waals surface area contributed by atoms with Gasteiger partial charge in [-0.15, -0.1) is 0 Å². The van der Waals surface area contributed by atoms with Crippen LogP contribution in [0.2, 0.25) is 0 Å². The number of carbonyl (C=O) groups excluding carboxylic acids is 1. The zero-order chi connectivity index (χ0) is 14.4. The first-order valence-corrected chi connectivity index (χ1v) is 7.08. The lowest BCUT2D eigenvalue weighted by Crippen LogP contribution is -2.32. The Labute approximate surface area is 120 Å². The third-order valence-corrected chi connectivity index (χ3v) is 3.70. The van der Waals surface area contributed by atoms with Crippen molar-refractivity contribution in [3.63, 3.8) is 0 Å². The Morgan fingerprint density at radius 3 is 2.60 bits per heavy atom. The summed E-state index contributed by atoms with van der Waals surface area (Å²) in [5, 5.41) is 0. The lowest BCUT2D eigenvalue weighted by atomic mass is 10.2. The second-order valence-electron chi connectivity index (χ2n) is 5.10. The molecule has 1 aromatic carbocycles. The van der Waals surface area contributed by atoms with Crippen LogP contribution in [-0.2, 0) is 4.79 Å². The van der Waals surface area contributed by atoms with Crippen LogP contribution in [0.5, 0.6) is 5.75 Å². The first-order valence-electron chi connectivity index (χ1n) is 7.08. The molecule has 1 aliphatic heterocycles. The monoisotopic (exact) mass is 277 g/mol. The maximum absolute atomic E-state index is 10.8. The van der Waals surface area contributed by atoms with Crippen LogP contribution in [0.1, 0.15) is 12.8 Å². The summed E-state index contributed by atoms with van der Waals surface area (Å²) in [5.41, 5.74) is 6.43. The number of nitrogens with two attached hydrogens (primary N) is 1. The van der Waals surface area contributed by atoms with Crippen molar-refractivity contribution in [1.82, 2.24) is 4.90 Å². The van der Waals surface area contributed by atoms with Crippen molar-refractivity contribution in [3.8, 4) is 5.75 Å². The Balaban J connectivity index is 1.89. The number of amides is 1. The summed E-state index contributed by atoms with van der Waals surface area (Å²) in [7, 11) is 1.68. The van der Waals surface area contributed by atoms with E-state index in [4.69, 9.17) is 10.5 Å². The van der Waals surface area contributed by atoms with Gasteiger partial charge in [-0.2, -0.15) is 0 Å². The van der Waals surface area contributed by atoms with Crippen molar-refractivity contribution in [1.29, 1.82) is 0 Å². The fourth-order valence-corrected chi connectivity index (χ4v) is 2.51. The summed E-state index contributed by atoms with van der Waals surface area (Å²) in [5.74, 6) is 0.660. The number of anilines is 1. The van der Waals surface area contributed by atoms with E-state index in [0.717, 1.165) is 44.9 Å². The molecule has 0 atom stereocenters. The average Bonchev–Trinajstić information content (AvgIpc) is 2.71. The lowest BCUT2D eigenvalue weighted by Gasteiger charge is -2.23. The van der Waals surface area contributed by atoms with Gasteiger partial charge in [0.25, 0.3) is 0 Å². The normalized spacial score (nSPS) is 16.8. The van der Waals surface area contributed by atoms with Crippen LogP contribution in [-0.4, -0.2) is 50.6 Å². The Morgan fingerprint density at radius 1 is 1.20 bits per heavy atom. The van der Waals surface area contributed by atoms with Gasteiger partial charge in [0.15, 0.2) is 0 Å². The van der Waals surface area contributed by atoms with Crippen LogP contribution in [0.4, 0.5) is 5.69 Å². The molecule has 2 rings (SSSR count). The van der Waals surface area contributed by atoms with E-state index < -0.39 is 0 Å². The molecule has 110 valence electrons. The fourth-order valence-electron chi connectivity index (χ4n) is 2.51. The van der Waals surface area contributed by atoms with Gasteiger partial charge in [0.05, 0.1) is 7.11 Å². The summed E-state index contributed by atoms with van der Waals surface area (Å²) in [4.78, 5) is 15.5. The predicted octanol–water partition coefficient (Wildman–Crippen LogP) is 1.08. The smallest absolute Gasteiger partial charge is 0.218 e. The number of hydrogen-bond donors (Lipinski definition) is 1. The van der Waals surface area contributed by atoms with Gasteiger partial charge in [-0.05, 0) is 37.2 Å². The first-order chi connectivity index (χ1) is 9.69. The second-order valence-corrected chi connectivity index (χ2v) is 5.10. The highest BCUT2D eigenvalue weighted by atomic mass is 16.5. The SMILES string of the molecule is COc1ccc(N2CCCN(CCC(N)=O)CC2)cc1. The first kappa shape index (κ1) is 14.7. The fraction of sp³-hybridized carbons (Fsp3) is 0.533. The Morgan fingerprint density at radius 2 is 1.95 bits per heavy atom. The number of nitrogens with zero attached hydrogens (tertiary/aromatic N) is 2. The number of rotatable bonds is 5. The van der Waals surface area contributed by atoms with Crippen LogP contribution in [0.15, 0.2) is 24.3 Å². The molecule has 1 saturated heterocycles. The Bertz CT molecular complexity index is 433. The van der Waals surface area contributed by atoms with Gasteiger partial charge in [-0.1, -0.05) is 0 Å². The van der Waals surface area contributed by atoms with Crippen LogP contribution >= 0.6 is 0 Å². The average molecular weight is 277 g/mol. The number of primary amides is 1. The van der Waals surface area contributed by atoms with Crippen LogP contribution in [0, 0.1) is 0 Å². The van der Waals surface area contributed by atoms with Crippen molar-refractivity contribution >= 4 is 11.6 Å². The number of ether oxygens (including phenoxy) is 1. The Hall–Kier alpha value is -1.75. The predicted molar refractivity (Wildman–Crippen MR) is 80.1 cm³/mol. The van der Waals surface area contributed by atoms with E-state index in [2.05, 4.69) is 21.9 Å². The molecule has 1 aliphatic rings. The number of methoxy groups -OCH3 is 1. The summed E-state index contributed by atoms with van der Waals surface area (Å²) < 4.78 is 5.18. The quantitative estimate of drug-likeness (QED) is 0.875. The van der Waals surface area contributed by atoms with Gasteiger partial charge in [0.2, 0.25) is 5.91 Å². The molecule has 0 saturated carbocycles. The summed E-state index contributed by atoms with van der Waals surface area (Å²) in [6.45, 7) is 4.79. The summed E-state index contributed by atoms with van der Waals surface area (Å²) in [6, 6.07) is 8.17. The van der Waals surface area contributed by atoms with Crippen LogP contribution in [0.3, 0.4) is 0 Å². The number of benzene rings is 1. The van der Waals surface area contributed by atoms with E-state index in [9.17, 15) is 4.79 Å². The molecule has 0 spiro atoms. The van der Waals surface area contributed by atoms with Gasteiger partial charge in [-0.3, -0.25) is 4.79 Å². The van der Waals surface area contributed by atoms with Crippen LogP contribution < -0.4 is 15.4 Å². The largest absolute Gasteiger partial charge is 0.497 e. The molecule has 0 bridgehead atoms. The zero-order valence-corrected chi connectivity index (χ0v) is 12.0.